The topological polar surface area (TPSA) is 75.5 Å². The first-order chi connectivity index (χ1) is 10.1. The van der Waals surface area contributed by atoms with Gasteiger partial charge in [-0.2, -0.15) is 0 Å². The SMILES string of the molecule is CN(C(=O)CCC1CCNCC1)c1ccc([N+](=O)[O-])cc1. The molecule has 0 saturated carbocycles. The number of amides is 1. The average Bonchev–Trinajstić information content (AvgIpc) is 2.53. The molecule has 0 atom stereocenters. The standard InChI is InChI=1S/C15H21N3O3/c1-17(13-3-5-14(6-4-13)18(20)21)15(19)7-2-12-8-10-16-11-9-12/h3-6,12,16H,2,7-11H2,1H3. The van der Waals surface area contributed by atoms with Crippen LogP contribution in [-0.4, -0.2) is 31.0 Å². The van der Waals surface area contributed by atoms with Crippen LogP contribution in [0.3, 0.4) is 0 Å². The van der Waals surface area contributed by atoms with Crippen molar-refractivity contribution in [2.45, 2.75) is 25.7 Å². The molecule has 1 fully saturated rings. The number of nitro benzene ring substituents is 1. The molecule has 1 aliphatic heterocycles. The fourth-order valence-electron chi connectivity index (χ4n) is 2.61. The molecule has 0 radical (unpaired) electrons. The number of carbonyl (C=O) groups excluding carboxylic acids is 1. The van der Waals surface area contributed by atoms with Gasteiger partial charge in [-0.3, -0.25) is 14.9 Å². The second kappa shape index (κ2) is 7.17. The molecule has 0 aliphatic carbocycles. The highest BCUT2D eigenvalue weighted by atomic mass is 16.6. The highest BCUT2D eigenvalue weighted by Gasteiger charge is 2.17. The van der Waals surface area contributed by atoms with Crippen molar-refractivity contribution in [3.63, 3.8) is 0 Å². The molecule has 1 amide bonds. The third-order valence-corrected chi connectivity index (χ3v) is 4.05. The average molecular weight is 291 g/mol. The Labute approximate surface area is 124 Å². The summed E-state index contributed by atoms with van der Waals surface area (Å²) < 4.78 is 0. The zero-order valence-corrected chi connectivity index (χ0v) is 12.2. The van der Waals surface area contributed by atoms with Crippen molar-refractivity contribution < 1.29 is 9.72 Å². The van der Waals surface area contributed by atoms with E-state index < -0.39 is 4.92 Å². The Morgan fingerprint density at radius 2 is 1.95 bits per heavy atom. The van der Waals surface area contributed by atoms with Gasteiger partial charge >= 0.3 is 0 Å². The molecule has 2 rings (SSSR count). The lowest BCUT2D eigenvalue weighted by molar-refractivity contribution is -0.384. The lowest BCUT2D eigenvalue weighted by atomic mass is 9.93. The molecular formula is C15H21N3O3. The van der Waals surface area contributed by atoms with E-state index in [2.05, 4.69) is 5.32 Å². The summed E-state index contributed by atoms with van der Waals surface area (Å²) in [6.07, 6.45) is 3.71. The Morgan fingerprint density at radius 3 is 2.52 bits per heavy atom. The van der Waals surface area contributed by atoms with Crippen molar-refractivity contribution in [1.29, 1.82) is 0 Å². The van der Waals surface area contributed by atoms with Crippen molar-refractivity contribution in [1.82, 2.24) is 5.32 Å². The van der Waals surface area contributed by atoms with Crippen LogP contribution in [0, 0.1) is 16.0 Å². The molecule has 0 unspecified atom stereocenters. The molecule has 0 bridgehead atoms. The lowest BCUT2D eigenvalue weighted by Crippen LogP contribution is -2.30. The highest BCUT2D eigenvalue weighted by Crippen LogP contribution is 2.21. The molecule has 6 heteroatoms. The second-order valence-corrected chi connectivity index (χ2v) is 5.46. The van der Waals surface area contributed by atoms with Crippen LogP contribution >= 0.6 is 0 Å². The van der Waals surface area contributed by atoms with Gasteiger partial charge in [0.1, 0.15) is 0 Å². The van der Waals surface area contributed by atoms with Gasteiger partial charge in [0.2, 0.25) is 5.91 Å². The van der Waals surface area contributed by atoms with Gasteiger partial charge in [0.15, 0.2) is 0 Å². The summed E-state index contributed by atoms with van der Waals surface area (Å²) in [6.45, 7) is 2.08. The fourth-order valence-corrected chi connectivity index (χ4v) is 2.61. The quantitative estimate of drug-likeness (QED) is 0.667. The summed E-state index contributed by atoms with van der Waals surface area (Å²) in [4.78, 5) is 23.9. The number of hydrogen-bond donors (Lipinski definition) is 1. The van der Waals surface area contributed by atoms with Crippen LogP contribution in [0.25, 0.3) is 0 Å². The third kappa shape index (κ3) is 4.26. The smallest absolute Gasteiger partial charge is 0.269 e. The largest absolute Gasteiger partial charge is 0.317 e. The molecule has 1 N–H and O–H groups in total. The third-order valence-electron chi connectivity index (χ3n) is 4.05. The van der Waals surface area contributed by atoms with Gasteiger partial charge in [-0.1, -0.05) is 0 Å². The molecule has 114 valence electrons. The Kier molecular flexibility index (Phi) is 5.27. The van der Waals surface area contributed by atoms with Crippen LogP contribution in [0.1, 0.15) is 25.7 Å². The van der Waals surface area contributed by atoms with E-state index in [0.29, 0.717) is 18.0 Å². The van der Waals surface area contributed by atoms with E-state index in [9.17, 15) is 14.9 Å². The number of anilines is 1. The highest BCUT2D eigenvalue weighted by molar-refractivity contribution is 5.92. The van der Waals surface area contributed by atoms with Crippen LogP contribution in [0.2, 0.25) is 0 Å². The number of hydrogen-bond acceptors (Lipinski definition) is 4. The molecule has 1 heterocycles. The summed E-state index contributed by atoms with van der Waals surface area (Å²) in [5, 5.41) is 13.9. The summed E-state index contributed by atoms with van der Waals surface area (Å²) in [5.41, 5.74) is 0.727. The number of nitrogens with one attached hydrogen (secondary N) is 1. The first-order valence-electron chi connectivity index (χ1n) is 7.29. The minimum absolute atomic E-state index is 0.0364. The van der Waals surface area contributed by atoms with E-state index in [0.717, 1.165) is 32.4 Å². The Morgan fingerprint density at radius 1 is 1.33 bits per heavy atom. The predicted molar refractivity (Wildman–Crippen MR) is 81.3 cm³/mol. The normalized spacial score (nSPS) is 15.7. The number of benzene rings is 1. The number of piperidine rings is 1. The summed E-state index contributed by atoms with van der Waals surface area (Å²) in [6, 6.07) is 6.07. The van der Waals surface area contributed by atoms with E-state index in [1.165, 1.54) is 12.1 Å². The van der Waals surface area contributed by atoms with Crippen molar-refractivity contribution >= 4 is 17.3 Å². The van der Waals surface area contributed by atoms with Crippen LogP contribution in [0.15, 0.2) is 24.3 Å². The first-order valence-corrected chi connectivity index (χ1v) is 7.29. The molecule has 1 aliphatic rings. The van der Waals surface area contributed by atoms with E-state index >= 15 is 0 Å². The van der Waals surface area contributed by atoms with Gasteiger partial charge in [-0.15, -0.1) is 0 Å². The van der Waals surface area contributed by atoms with Gasteiger partial charge < -0.3 is 10.2 Å². The number of non-ortho nitro benzene ring substituents is 1. The summed E-state index contributed by atoms with van der Waals surface area (Å²) in [5.74, 6) is 0.683. The minimum atomic E-state index is -0.442. The van der Waals surface area contributed by atoms with Gasteiger partial charge in [0, 0.05) is 31.3 Å². The molecule has 1 aromatic rings. The van der Waals surface area contributed by atoms with Gasteiger partial charge in [0.25, 0.3) is 5.69 Å². The van der Waals surface area contributed by atoms with E-state index in [1.807, 2.05) is 0 Å². The Hall–Kier alpha value is -1.95. The maximum absolute atomic E-state index is 12.2. The number of nitrogens with zero attached hydrogens (tertiary/aromatic N) is 2. The summed E-state index contributed by atoms with van der Waals surface area (Å²) >= 11 is 0. The van der Waals surface area contributed by atoms with E-state index in [4.69, 9.17) is 0 Å². The van der Waals surface area contributed by atoms with Gasteiger partial charge in [-0.25, -0.2) is 0 Å². The number of rotatable bonds is 5. The monoisotopic (exact) mass is 291 g/mol. The maximum atomic E-state index is 12.2. The predicted octanol–water partition coefficient (Wildman–Crippen LogP) is 2.34. The second-order valence-electron chi connectivity index (χ2n) is 5.46. The molecule has 1 aromatic carbocycles. The fraction of sp³-hybridized carbons (Fsp3) is 0.533. The molecule has 6 nitrogen and oxygen atoms in total. The van der Waals surface area contributed by atoms with Crippen molar-refractivity contribution in [2.24, 2.45) is 5.92 Å². The lowest BCUT2D eigenvalue weighted by Gasteiger charge is -2.23. The van der Waals surface area contributed by atoms with Crippen LogP contribution < -0.4 is 10.2 Å². The van der Waals surface area contributed by atoms with Crippen LogP contribution in [-0.2, 0) is 4.79 Å². The molecular weight excluding hydrogens is 270 g/mol. The Balaban J connectivity index is 1.87. The number of nitro groups is 1. The molecule has 0 aromatic heterocycles. The van der Waals surface area contributed by atoms with E-state index in [1.54, 1.807) is 24.1 Å². The zero-order chi connectivity index (χ0) is 15.2. The van der Waals surface area contributed by atoms with Crippen LogP contribution in [0.5, 0.6) is 0 Å². The van der Waals surface area contributed by atoms with Crippen molar-refractivity contribution in [3.8, 4) is 0 Å². The molecule has 21 heavy (non-hydrogen) atoms. The minimum Gasteiger partial charge on any atom is -0.317 e. The summed E-state index contributed by atoms with van der Waals surface area (Å²) in [7, 11) is 1.71. The van der Waals surface area contributed by atoms with E-state index in [-0.39, 0.29) is 11.6 Å². The number of carbonyl (C=O) groups is 1. The van der Waals surface area contributed by atoms with Crippen molar-refractivity contribution in [2.75, 3.05) is 25.0 Å². The molecule has 1 saturated heterocycles. The van der Waals surface area contributed by atoms with Crippen LogP contribution in [0.4, 0.5) is 11.4 Å². The Bertz CT molecular complexity index is 495. The molecule has 0 spiro atoms. The first kappa shape index (κ1) is 15.4. The van der Waals surface area contributed by atoms with Gasteiger partial charge in [-0.05, 0) is 50.4 Å². The zero-order valence-electron chi connectivity index (χ0n) is 12.2. The van der Waals surface area contributed by atoms with Gasteiger partial charge in [0.05, 0.1) is 4.92 Å². The maximum Gasteiger partial charge on any atom is 0.269 e. The van der Waals surface area contributed by atoms with Crippen molar-refractivity contribution in [3.05, 3.63) is 34.4 Å².